The van der Waals surface area contributed by atoms with E-state index in [1.165, 1.54) is 0 Å². The number of nitrogens with zero attached hydrogens (tertiary/aromatic N) is 6. The van der Waals surface area contributed by atoms with Crippen LogP contribution >= 0.6 is 0 Å². The lowest BCUT2D eigenvalue weighted by Crippen LogP contribution is -2.10. The quantitative estimate of drug-likeness (QED) is 0.546. The third kappa shape index (κ3) is 2.20. The van der Waals surface area contributed by atoms with Gasteiger partial charge >= 0.3 is 0 Å². The Kier molecular flexibility index (Phi) is 2.60. The largest absolute Gasteiger partial charge is 0.368 e. The number of nitrogen functional groups attached to an aromatic ring is 2. The molecule has 0 bridgehead atoms. The van der Waals surface area contributed by atoms with Gasteiger partial charge in [-0.1, -0.05) is 5.21 Å². The Balaban J connectivity index is 2.19. The monoisotopic (exact) mass is 221 g/mol. The molecule has 0 unspecified atom stereocenters. The average Bonchev–Trinajstić information content (AvgIpc) is 2.64. The van der Waals surface area contributed by atoms with Crippen LogP contribution in [-0.2, 0) is 13.1 Å². The van der Waals surface area contributed by atoms with E-state index in [0.717, 1.165) is 0 Å². The van der Waals surface area contributed by atoms with Crippen molar-refractivity contribution >= 4 is 11.9 Å². The number of anilines is 2. The summed E-state index contributed by atoms with van der Waals surface area (Å²) in [5.74, 6) is 0.599. The highest BCUT2D eigenvalue weighted by Crippen LogP contribution is 2.01. The molecule has 16 heavy (non-hydrogen) atoms. The zero-order chi connectivity index (χ0) is 11.5. The standard InChI is InChI=1S/C7H11N9/c8-1-4-2-16(15-14-4)3-5-11-6(9)13-7(10)12-5/h2H,1,3,8H2,(H4,9,10,11,12,13). The fourth-order valence-corrected chi connectivity index (χ4v) is 1.18. The van der Waals surface area contributed by atoms with Crippen LogP contribution in [0.15, 0.2) is 6.20 Å². The fraction of sp³-hybridized carbons (Fsp3) is 0.286. The molecular formula is C7H11N9. The zero-order valence-electron chi connectivity index (χ0n) is 8.41. The summed E-state index contributed by atoms with van der Waals surface area (Å²) in [7, 11) is 0. The predicted molar refractivity (Wildman–Crippen MR) is 55.7 cm³/mol. The Labute approximate surface area is 90.7 Å². The van der Waals surface area contributed by atoms with E-state index >= 15 is 0 Å². The Morgan fingerprint density at radius 2 is 1.81 bits per heavy atom. The van der Waals surface area contributed by atoms with Gasteiger partial charge in [0.1, 0.15) is 6.54 Å². The summed E-state index contributed by atoms with van der Waals surface area (Å²) < 4.78 is 1.55. The van der Waals surface area contributed by atoms with Crippen LogP contribution in [0.5, 0.6) is 0 Å². The van der Waals surface area contributed by atoms with Gasteiger partial charge in [-0.15, -0.1) is 5.10 Å². The molecule has 2 heterocycles. The number of hydrogen-bond donors (Lipinski definition) is 3. The van der Waals surface area contributed by atoms with Gasteiger partial charge in [0.15, 0.2) is 5.82 Å². The van der Waals surface area contributed by atoms with Gasteiger partial charge in [0.25, 0.3) is 0 Å². The predicted octanol–water partition coefficient (Wildman–Crippen LogP) is -1.87. The molecule has 2 aromatic rings. The Morgan fingerprint density at radius 1 is 1.12 bits per heavy atom. The normalized spacial score (nSPS) is 10.6. The van der Waals surface area contributed by atoms with Crippen molar-refractivity contribution in [2.45, 2.75) is 13.1 Å². The van der Waals surface area contributed by atoms with Crippen molar-refractivity contribution in [3.8, 4) is 0 Å². The van der Waals surface area contributed by atoms with Crippen molar-refractivity contribution < 1.29 is 0 Å². The molecule has 0 aliphatic rings. The first-order valence-electron chi connectivity index (χ1n) is 4.52. The number of aromatic nitrogens is 6. The summed E-state index contributed by atoms with van der Waals surface area (Å²) in [6, 6.07) is 0. The molecule has 2 rings (SSSR count). The molecule has 0 atom stereocenters. The highest BCUT2D eigenvalue weighted by Gasteiger charge is 2.04. The number of rotatable bonds is 3. The minimum absolute atomic E-state index is 0.0849. The summed E-state index contributed by atoms with van der Waals surface area (Å²) in [5.41, 5.74) is 17.0. The van der Waals surface area contributed by atoms with Gasteiger partial charge in [-0.05, 0) is 0 Å². The Bertz CT molecular complexity index is 470. The summed E-state index contributed by atoms with van der Waals surface area (Å²) in [6.07, 6.45) is 1.70. The van der Waals surface area contributed by atoms with E-state index in [2.05, 4.69) is 25.3 Å². The van der Waals surface area contributed by atoms with Crippen LogP contribution in [0, 0.1) is 0 Å². The third-order valence-corrected chi connectivity index (χ3v) is 1.81. The van der Waals surface area contributed by atoms with Crippen molar-refractivity contribution in [1.82, 2.24) is 29.9 Å². The van der Waals surface area contributed by atoms with Crippen LogP contribution < -0.4 is 17.2 Å². The van der Waals surface area contributed by atoms with Gasteiger partial charge < -0.3 is 17.2 Å². The minimum Gasteiger partial charge on any atom is -0.368 e. The van der Waals surface area contributed by atoms with E-state index in [-0.39, 0.29) is 11.9 Å². The van der Waals surface area contributed by atoms with Crippen molar-refractivity contribution in [2.75, 3.05) is 11.5 Å². The maximum absolute atomic E-state index is 5.44. The van der Waals surface area contributed by atoms with Gasteiger partial charge in [0.05, 0.1) is 11.9 Å². The van der Waals surface area contributed by atoms with E-state index in [4.69, 9.17) is 17.2 Å². The van der Waals surface area contributed by atoms with Crippen LogP contribution in [0.1, 0.15) is 11.5 Å². The molecule has 0 spiro atoms. The van der Waals surface area contributed by atoms with E-state index in [1.807, 2.05) is 0 Å². The second-order valence-electron chi connectivity index (χ2n) is 3.08. The molecule has 0 aromatic carbocycles. The summed E-state index contributed by atoms with van der Waals surface area (Å²) >= 11 is 0. The SMILES string of the molecule is NCc1cn(Cc2nc(N)nc(N)n2)nn1. The molecule has 84 valence electrons. The van der Waals surface area contributed by atoms with E-state index in [1.54, 1.807) is 10.9 Å². The smallest absolute Gasteiger partial charge is 0.225 e. The van der Waals surface area contributed by atoms with Gasteiger partial charge in [0.2, 0.25) is 11.9 Å². The molecule has 0 radical (unpaired) electrons. The maximum Gasteiger partial charge on any atom is 0.225 e. The first-order chi connectivity index (χ1) is 7.67. The first-order valence-corrected chi connectivity index (χ1v) is 4.52. The summed E-state index contributed by atoms with van der Waals surface area (Å²) in [5, 5.41) is 7.68. The second kappa shape index (κ2) is 4.06. The summed E-state index contributed by atoms with van der Waals surface area (Å²) in [6.45, 7) is 0.658. The van der Waals surface area contributed by atoms with Crippen molar-refractivity contribution in [2.24, 2.45) is 5.73 Å². The van der Waals surface area contributed by atoms with Crippen LogP contribution in [0.25, 0.3) is 0 Å². The second-order valence-corrected chi connectivity index (χ2v) is 3.08. The van der Waals surface area contributed by atoms with Crippen LogP contribution in [0.4, 0.5) is 11.9 Å². The molecule has 0 fully saturated rings. The van der Waals surface area contributed by atoms with Crippen LogP contribution in [0.3, 0.4) is 0 Å². The highest BCUT2D eigenvalue weighted by atomic mass is 15.4. The average molecular weight is 221 g/mol. The minimum atomic E-state index is 0.0849. The lowest BCUT2D eigenvalue weighted by Gasteiger charge is -2.01. The number of hydrogen-bond acceptors (Lipinski definition) is 8. The van der Waals surface area contributed by atoms with E-state index in [0.29, 0.717) is 24.6 Å². The molecule has 9 nitrogen and oxygen atoms in total. The summed E-state index contributed by atoms with van der Waals surface area (Å²) in [4.78, 5) is 11.5. The van der Waals surface area contributed by atoms with Crippen molar-refractivity contribution in [1.29, 1.82) is 0 Å². The van der Waals surface area contributed by atoms with Gasteiger partial charge in [-0.25, -0.2) is 4.68 Å². The molecule has 6 N–H and O–H groups in total. The third-order valence-electron chi connectivity index (χ3n) is 1.81. The zero-order valence-corrected chi connectivity index (χ0v) is 8.41. The molecule has 2 aromatic heterocycles. The Hall–Kier alpha value is -2.29. The van der Waals surface area contributed by atoms with E-state index < -0.39 is 0 Å². The van der Waals surface area contributed by atoms with Crippen LogP contribution in [-0.4, -0.2) is 29.9 Å². The number of nitrogens with two attached hydrogens (primary N) is 3. The fourth-order valence-electron chi connectivity index (χ4n) is 1.18. The molecule has 0 aliphatic heterocycles. The van der Waals surface area contributed by atoms with Gasteiger partial charge in [-0.2, -0.15) is 15.0 Å². The van der Waals surface area contributed by atoms with Gasteiger partial charge in [-0.3, -0.25) is 0 Å². The maximum atomic E-state index is 5.44. The van der Waals surface area contributed by atoms with Crippen LogP contribution in [0.2, 0.25) is 0 Å². The topological polar surface area (TPSA) is 147 Å². The van der Waals surface area contributed by atoms with Crippen molar-refractivity contribution in [3.63, 3.8) is 0 Å². The molecule has 0 aliphatic carbocycles. The van der Waals surface area contributed by atoms with Crippen molar-refractivity contribution in [3.05, 3.63) is 17.7 Å². The first kappa shape index (κ1) is 10.2. The van der Waals surface area contributed by atoms with Gasteiger partial charge in [0, 0.05) is 6.54 Å². The molecule has 0 amide bonds. The Morgan fingerprint density at radius 3 is 2.38 bits per heavy atom. The molecule has 0 saturated heterocycles. The van der Waals surface area contributed by atoms with E-state index in [9.17, 15) is 0 Å². The lowest BCUT2D eigenvalue weighted by molar-refractivity contribution is 0.623. The molecular weight excluding hydrogens is 210 g/mol. The highest BCUT2D eigenvalue weighted by molar-refractivity contribution is 5.25. The molecule has 9 heteroatoms. The lowest BCUT2D eigenvalue weighted by atomic mass is 10.5. The molecule has 0 saturated carbocycles.